The van der Waals surface area contributed by atoms with Crippen LogP contribution in [0.5, 0.6) is 5.75 Å². The summed E-state index contributed by atoms with van der Waals surface area (Å²) in [5.41, 5.74) is 5.69. The van der Waals surface area contributed by atoms with Crippen molar-refractivity contribution < 1.29 is 5.11 Å². The third-order valence-corrected chi connectivity index (χ3v) is 4.78. The molecule has 0 radical (unpaired) electrons. The first-order chi connectivity index (χ1) is 9.77. The van der Waals surface area contributed by atoms with Crippen LogP contribution in [0, 0.1) is 13.8 Å². The van der Waals surface area contributed by atoms with E-state index in [1.165, 1.54) is 22.3 Å². The van der Waals surface area contributed by atoms with Crippen molar-refractivity contribution in [3.8, 4) is 5.75 Å². The molecule has 0 fully saturated rings. The van der Waals surface area contributed by atoms with Crippen LogP contribution in [-0.2, 0) is 11.2 Å². The molecule has 0 heterocycles. The van der Waals surface area contributed by atoms with Gasteiger partial charge in [-0.3, -0.25) is 0 Å². The lowest BCUT2D eigenvalue weighted by Crippen LogP contribution is -2.12. The second kappa shape index (κ2) is 6.15. The number of hydrogen-bond donors (Lipinski definition) is 1. The monoisotopic (exact) mass is 300 g/mol. The molecule has 2 heteroatoms. The predicted octanol–water partition coefficient (Wildman–Crippen LogP) is 5.60. The fourth-order valence-corrected chi connectivity index (χ4v) is 3.53. The van der Waals surface area contributed by atoms with E-state index in [-0.39, 0.29) is 5.41 Å². The molecule has 0 saturated carbocycles. The van der Waals surface area contributed by atoms with Gasteiger partial charge in [0.05, 0.1) is 0 Å². The third kappa shape index (κ3) is 4.04. The first-order valence-electron chi connectivity index (χ1n) is 7.30. The van der Waals surface area contributed by atoms with Gasteiger partial charge >= 0.3 is 0 Å². The van der Waals surface area contributed by atoms with E-state index in [1.54, 1.807) is 17.8 Å². The Labute approximate surface area is 132 Å². The van der Waals surface area contributed by atoms with Crippen molar-refractivity contribution >= 4 is 11.8 Å². The number of aryl methyl sites for hydroxylation is 2. The molecule has 0 bridgehead atoms. The molecule has 21 heavy (non-hydrogen) atoms. The highest BCUT2D eigenvalue weighted by atomic mass is 32.2. The van der Waals surface area contributed by atoms with Crippen LogP contribution in [0.1, 0.15) is 43.0 Å². The van der Waals surface area contributed by atoms with Crippen LogP contribution in [0.4, 0.5) is 0 Å². The zero-order valence-corrected chi connectivity index (χ0v) is 14.3. The van der Waals surface area contributed by atoms with Gasteiger partial charge in [0.15, 0.2) is 0 Å². The van der Waals surface area contributed by atoms with Crippen LogP contribution >= 0.6 is 11.8 Å². The number of rotatable bonds is 3. The lowest BCUT2D eigenvalue weighted by Gasteiger charge is -2.22. The molecule has 0 aromatic heterocycles. The fraction of sp³-hybridized carbons (Fsp3) is 0.368. The van der Waals surface area contributed by atoms with Crippen molar-refractivity contribution in [3.63, 3.8) is 0 Å². The summed E-state index contributed by atoms with van der Waals surface area (Å²) in [7, 11) is 0. The van der Waals surface area contributed by atoms with Gasteiger partial charge in [-0.05, 0) is 59.7 Å². The number of aromatic hydroxyl groups is 1. The average Bonchev–Trinajstić information content (AvgIpc) is 2.36. The molecular weight excluding hydrogens is 276 g/mol. The lowest BCUT2D eigenvalue weighted by atomic mass is 9.84. The molecule has 2 aromatic rings. The topological polar surface area (TPSA) is 20.2 Å². The molecule has 0 spiro atoms. The molecule has 0 aliphatic carbocycles. The van der Waals surface area contributed by atoms with E-state index in [2.05, 4.69) is 46.8 Å². The molecule has 112 valence electrons. The van der Waals surface area contributed by atoms with Crippen molar-refractivity contribution in [1.82, 2.24) is 0 Å². The van der Waals surface area contributed by atoms with E-state index < -0.39 is 0 Å². The second-order valence-electron chi connectivity index (χ2n) is 6.62. The largest absolute Gasteiger partial charge is 0.508 e. The van der Waals surface area contributed by atoms with Crippen molar-refractivity contribution in [2.75, 3.05) is 0 Å². The van der Waals surface area contributed by atoms with E-state index in [1.807, 2.05) is 18.2 Å². The van der Waals surface area contributed by atoms with Gasteiger partial charge in [0.1, 0.15) is 5.75 Å². The minimum Gasteiger partial charge on any atom is -0.508 e. The lowest BCUT2D eigenvalue weighted by molar-refractivity contribution is 0.474. The van der Waals surface area contributed by atoms with Crippen molar-refractivity contribution in [1.29, 1.82) is 0 Å². The number of phenolic OH excluding ortho intramolecular Hbond substituents is 1. The van der Waals surface area contributed by atoms with Crippen LogP contribution in [0.2, 0.25) is 0 Å². The van der Waals surface area contributed by atoms with Crippen LogP contribution < -0.4 is 0 Å². The maximum absolute atomic E-state index is 9.53. The quantitative estimate of drug-likeness (QED) is 0.745. The highest BCUT2D eigenvalue weighted by Crippen LogP contribution is 2.31. The van der Waals surface area contributed by atoms with Gasteiger partial charge in [0.25, 0.3) is 0 Å². The smallest absolute Gasteiger partial charge is 0.116 e. The first kappa shape index (κ1) is 16.0. The summed E-state index contributed by atoms with van der Waals surface area (Å²) < 4.78 is 0. The van der Waals surface area contributed by atoms with Gasteiger partial charge in [0.2, 0.25) is 0 Å². The van der Waals surface area contributed by atoms with Crippen LogP contribution in [0.3, 0.4) is 0 Å². The highest BCUT2D eigenvalue weighted by Gasteiger charge is 2.16. The molecule has 2 aromatic carbocycles. The molecule has 0 saturated heterocycles. The van der Waals surface area contributed by atoms with E-state index in [4.69, 9.17) is 0 Å². The summed E-state index contributed by atoms with van der Waals surface area (Å²) in [6.07, 6.45) is 0. The maximum Gasteiger partial charge on any atom is 0.116 e. The Balaban J connectivity index is 2.21. The molecule has 0 aliphatic heterocycles. The number of hydrogen-bond acceptors (Lipinski definition) is 2. The second-order valence-corrected chi connectivity index (χ2v) is 7.67. The van der Waals surface area contributed by atoms with E-state index in [0.29, 0.717) is 5.75 Å². The average molecular weight is 300 g/mol. The van der Waals surface area contributed by atoms with Crippen molar-refractivity contribution in [2.45, 2.75) is 50.7 Å². The molecule has 1 nitrogen and oxygen atoms in total. The summed E-state index contributed by atoms with van der Waals surface area (Å²) in [6.45, 7) is 11.1. The zero-order chi connectivity index (χ0) is 15.6. The summed E-state index contributed by atoms with van der Waals surface area (Å²) in [4.78, 5) is 1.11. The van der Waals surface area contributed by atoms with Gasteiger partial charge in [-0.1, -0.05) is 39.0 Å². The molecular formula is C19H24OS. The van der Waals surface area contributed by atoms with Crippen molar-refractivity contribution in [2.24, 2.45) is 0 Å². The van der Waals surface area contributed by atoms with E-state index >= 15 is 0 Å². The minimum atomic E-state index is 0.187. The molecule has 0 atom stereocenters. The molecule has 0 amide bonds. The SMILES string of the molecule is Cc1cc(C(C)(C)C)cc(C)c1CSc1cccc(O)c1. The molecule has 1 N–H and O–H groups in total. The number of thioether (sulfide) groups is 1. The fourth-order valence-electron chi connectivity index (χ4n) is 2.38. The van der Waals surface area contributed by atoms with Gasteiger partial charge in [0, 0.05) is 10.6 Å². The van der Waals surface area contributed by atoms with Gasteiger partial charge in [-0.25, -0.2) is 0 Å². The maximum atomic E-state index is 9.53. The van der Waals surface area contributed by atoms with E-state index in [9.17, 15) is 5.11 Å². The molecule has 2 rings (SSSR count). The van der Waals surface area contributed by atoms with Gasteiger partial charge < -0.3 is 5.11 Å². The summed E-state index contributed by atoms with van der Waals surface area (Å²) >= 11 is 1.77. The summed E-state index contributed by atoms with van der Waals surface area (Å²) in [5, 5.41) is 9.53. The van der Waals surface area contributed by atoms with Gasteiger partial charge in [-0.2, -0.15) is 0 Å². The Hall–Kier alpha value is -1.41. The Morgan fingerprint density at radius 3 is 2.14 bits per heavy atom. The Morgan fingerprint density at radius 2 is 1.62 bits per heavy atom. The standard InChI is InChI=1S/C19H24OS/c1-13-9-15(19(3,4)5)10-14(2)18(13)12-21-17-8-6-7-16(20)11-17/h6-11,20H,12H2,1-5H3. The Morgan fingerprint density at radius 1 is 1.00 bits per heavy atom. The van der Waals surface area contributed by atoms with E-state index in [0.717, 1.165) is 10.6 Å². The van der Waals surface area contributed by atoms with Crippen LogP contribution in [-0.4, -0.2) is 5.11 Å². The summed E-state index contributed by atoms with van der Waals surface area (Å²) in [6, 6.07) is 12.1. The molecule has 0 unspecified atom stereocenters. The Kier molecular flexibility index (Phi) is 4.67. The third-order valence-electron chi connectivity index (χ3n) is 3.76. The van der Waals surface area contributed by atoms with Gasteiger partial charge in [-0.15, -0.1) is 11.8 Å². The highest BCUT2D eigenvalue weighted by molar-refractivity contribution is 7.98. The molecule has 0 aliphatic rings. The van der Waals surface area contributed by atoms with Crippen LogP contribution in [0.25, 0.3) is 0 Å². The minimum absolute atomic E-state index is 0.187. The predicted molar refractivity (Wildman–Crippen MR) is 92.3 cm³/mol. The Bertz CT molecular complexity index is 615. The normalized spacial score (nSPS) is 11.7. The summed E-state index contributed by atoms with van der Waals surface area (Å²) in [5.74, 6) is 1.27. The van der Waals surface area contributed by atoms with Crippen LogP contribution in [0.15, 0.2) is 41.3 Å². The first-order valence-corrected chi connectivity index (χ1v) is 8.28. The number of benzene rings is 2. The number of phenols is 1. The zero-order valence-electron chi connectivity index (χ0n) is 13.5. The van der Waals surface area contributed by atoms with Crippen molar-refractivity contribution in [3.05, 3.63) is 58.7 Å².